The van der Waals surface area contributed by atoms with Crippen molar-refractivity contribution < 1.29 is 14.2 Å². The fourth-order valence-electron chi connectivity index (χ4n) is 3.31. The van der Waals surface area contributed by atoms with Crippen LogP contribution in [0.25, 0.3) is 0 Å². The summed E-state index contributed by atoms with van der Waals surface area (Å²) < 4.78 is 18.2. The average molecular weight is 337 g/mol. The molecule has 138 valence electrons. The molecule has 0 radical (unpaired) electrons. The van der Waals surface area contributed by atoms with Gasteiger partial charge in [0.1, 0.15) is 11.4 Å². The molecule has 3 nitrogen and oxygen atoms in total. The van der Waals surface area contributed by atoms with Gasteiger partial charge in [0.2, 0.25) is 0 Å². The third kappa shape index (κ3) is 5.93. The Bertz CT molecular complexity index is 456. The van der Waals surface area contributed by atoms with Crippen molar-refractivity contribution in [3.63, 3.8) is 0 Å². The standard InChI is InChI=1S/C21H36O3/c1-15-14-16(2)19(22-18(15)4)24-21(12-13-21)11-9-8-10-17(3)23-20(5,6)7/h8,10,15-16,18-19H,3,9,11-14H2,1-2,4-7H3/b10-8+/t15-,16-,18+,19+/m1/s1. The molecule has 1 aliphatic heterocycles. The molecule has 4 atom stereocenters. The summed E-state index contributed by atoms with van der Waals surface area (Å²) in [6.45, 7) is 16.7. The van der Waals surface area contributed by atoms with E-state index in [1.54, 1.807) is 0 Å². The van der Waals surface area contributed by atoms with Gasteiger partial charge in [0.05, 0.1) is 11.7 Å². The minimum Gasteiger partial charge on any atom is -0.489 e. The van der Waals surface area contributed by atoms with Crippen LogP contribution in [0, 0.1) is 11.8 Å². The molecule has 1 saturated carbocycles. The molecule has 0 aromatic heterocycles. The lowest BCUT2D eigenvalue weighted by molar-refractivity contribution is -0.253. The topological polar surface area (TPSA) is 27.7 Å². The first-order chi connectivity index (χ1) is 11.1. The van der Waals surface area contributed by atoms with E-state index < -0.39 is 0 Å². The minimum atomic E-state index is -0.190. The molecule has 2 aliphatic rings. The Balaban J connectivity index is 1.76. The van der Waals surface area contributed by atoms with Gasteiger partial charge in [-0.3, -0.25) is 0 Å². The second-order valence-electron chi connectivity index (χ2n) is 8.82. The number of ether oxygens (including phenoxy) is 3. The van der Waals surface area contributed by atoms with Crippen LogP contribution in [-0.4, -0.2) is 23.6 Å². The fraction of sp³-hybridized carbons (Fsp3) is 0.810. The Labute approximate surface area is 148 Å². The molecule has 0 bridgehead atoms. The highest BCUT2D eigenvalue weighted by Gasteiger charge is 2.47. The maximum Gasteiger partial charge on any atom is 0.161 e. The van der Waals surface area contributed by atoms with Crippen LogP contribution in [0.3, 0.4) is 0 Å². The molecule has 1 aliphatic carbocycles. The van der Waals surface area contributed by atoms with Crippen molar-refractivity contribution in [2.24, 2.45) is 11.8 Å². The second kappa shape index (κ2) is 7.61. The SMILES string of the molecule is C=C(/C=C/CCC1(O[C@@H]2O[C@@H](C)[C@H](C)C[C@H]2C)CC1)OC(C)(C)C. The van der Waals surface area contributed by atoms with Crippen LogP contribution in [0.2, 0.25) is 0 Å². The van der Waals surface area contributed by atoms with Crippen molar-refractivity contribution in [2.45, 2.75) is 97.2 Å². The number of hydrogen-bond donors (Lipinski definition) is 0. The van der Waals surface area contributed by atoms with E-state index in [-0.39, 0.29) is 17.5 Å². The quantitative estimate of drug-likeness (QED) is 0.447. The Morgan fingerprint density at radius 3 is 2.46 bits per heavy atom. The summed E-state index contributed by atoms with van der Waals surface area (Å²) in [5, 5.41) is 0. The molecule has 0 spiro atoms. The lowest BCUT2D eigenvalue weighted by Crippen LogP contribution is -2.41. The maximum absolute atomic E-state index is 6.40. The summed E-state index contributed by atoms with van der Waals surface area (Å²) in [5.74, 6) is 1.82. The summed E-state index contributed by atoms with van der Waals surface area (Å²) in [4.78, 5) is 0. The van der Waals surface area contributed by atoms with E-state index in [1.807, 2.05) is 26.8 Å². The highest BCUT2D eigenvalue weighted by molar-refractivity contribution is 5.09. The predicted octanol–water partition coefficient (Wildman–Crippen LogP) is 5.61. The normalized spacial score (nSPS) is 32.8. The molecule has 0 amide bonds. The van der Waals surface area contributed by atoms with Crippen LogP contribution >= 0.6 is 0 Å². The lowest BCUT2D eigenvalue weighted by Gasteiger charge is -2.39. The third-order valence-electron chi connectivity index (χ3n) is 5.04. The van der Waals surface area contributed by atoms with E-state index in [0.717, 1.165) is 31.4 Å². The van der Waals surface area contributed by atoms with Crippen LogP contribution in [-0.2, 0) is 14.2 Å². The van der Waals surface area contributed by atoms with E-state index >= 15 is 0 Å². The Morgan fingerprint density at radius 2 is 1.88 bits per heavy atom. The number of hydrogen-bond acceptors (Lipinski definition) is 3. The largest absolute Gasteiger partial charge is 0.489 e. The van der Waals surface area contributed by atoms with Crippen LogP contribution in [0.4, 0.5) is 0 Å². The van der Waals surface area contributed by atoms with Gasteiger partial charge in [-0.2, -0.15) is 0 Å². The highest BCUT2D eigenvalue weighted by Crippen LogP contribution is 2.47. The molecular formula is C21H36O3. The summed E-state index contributed by atoms with van der Waals surface area (Å²) in [6.07, 6.45) is 9.89. The molecule has 1 heterocycles. The summed E-state index contributed by atoms with van der Waals surface area (Å²) >= 11 is 0. The van der Waals surface area contributed by atoms with Gasteiger partial charge in [0, 0.05) is 5.92 Å². The molecular weight excluding hydrogens is 300 g/mol. The zero-order valence-electron chi connectivity index (χ0n) is 16.4. The van der Waals surface area contributed by atoms with Crippen molar-refractivity contribution in [3.05, 3.63) is 24.5 Å². The van der Waals surface area contributed by atoms with Crippen LogP contribution in [0.15, 0.2) is 24.5 Å². The van der Waals surface area contributed by atoms with Crippen LogP contribution in [0.1, 0.15) is 73.6 Å². The van der Waals surface area contributed by atoms with Crippen molar-refractivity contribution in [1.29, 1.82) is 0 Å². The molecule has 2 rings (SSSR count). The minimum absolute atomic E-state index is 0.0375. The third-order valence-corrected chi connectivity index (χ3v) is 5.04. The van der Waals surface area contributed by atoms with Crippen molar-refractivity contribution in [3.8, 4) is 0 Å². The van der Waals surface area contributed by atoms with Crippen LogP contribution in [0.5, 0.6) is 0 Å². The number of allylic oxidation sites excluding steroid dienone is 2. The highest BCUT2D eigenvalue weighted by atomic mass is 16.7. The van der Waals surface area contributed by atoms with Crippen molar-refractivity contribution in [1.82, 2.24) is 0 Å². The van der Waals surface area contributed by atoms with Gasteiger partial charge in [0.15, 0.2) is 6.29 Å². The van der Waals surface area contributed by atoms with Gasteiger partial charge in [-0.25, -0.2) is 0 Å². The molecule has 0 aromatic rings. The summed E-state index contributed by atoms with van der Waals surface area (Å²) in [5.41, 5.74) is -0.152. The average Bonchev–Trinajstić information content (AvgIpc) is 3.19. The van der Waals surface area contributed by atoms with Gasteiger partial charge in [-0.15, -0.1) is 0 Å². The molecule has 1 saturated heterocycles. The summed E-state index contributed by atoms with van der Waals surface area (Å²) in [7, 11) is 0. The first-order valence-electron chi connectivity index (χ1n) is 9.48. The van der Waals surface area contributed by atoms with E-state index in [2.05, 4.69) is 33.4 Å². The molecule has 0 unspecified atom stereocenters. The Hall–Kier alpha value is -0.800. The Kier molecular flexibility index (Phi) is 6.19. The predicted molar refractivity (Wildman–Crippen MR) is 98.7 cm³/mol. The smallest absolute Gasteiger partial charge is 0.161 e. The number of rotatable bonds is 7. The van der Waals surface area contributed by atoms with Gasteiger partial charge >= 0.3 is 0 Å². The molecule has 24 heavy (non-hydrogen) atoms. The first kappa shape index (κ1) is 19.5. The van der Waals surface area contributed by atoms with Gasteiger partial charge in [-0.05, 0) is 71.8 Å². The monoisotopic (exact) mass is 336 g/mol. The van der Waals surface area contributed by atoms with Gasteiger partial charge < -0.3 is 14.2 Å². The first-order valence-corrected chi connectivity index (χ1v) is 9.48. The maximum atomic E-state index is 6.40. The van der Waals surface area contributed by atoms with Crippen molar-refractivity contribution in [2.75, 3.05) is 0 Å². The Morgan fingerprint density at radius 1 is 1.21 bits per heavy atom. The molecule has 3 heteroatoms. The zero-order valence-corrected chi connectivity index (χ0v) is 16.4. The van der Waals surface area contributed by atoms with Crippen LogP contribution < -0.4 is 0 Å². The van der Waals surface area contributed by atoms with E-state index in [1.165, 1.54) is 6.42 Å². The summed E-state index contributed by atoms with van der Waals surface area (Å²) in [6, 6.07) is 0. The van der Waals surface area contributed by atoms with E-state index in [0.29, 0.717) is 17.9 Å². The van der Waals surface area contributed by atoms with Crippen molar-refractivity contribution >= 4 is 0 Å². The molecule has 2 fully saturated rings. The fourth-order valence-corrected chi connectivity index (χ4v) is 3.31. The van der Waals surface area contributed by atoms with Gasteiger partial charge in [0.25, 0.3) is 0 Å². The molecule has 0 aromatic carbocycles. The van der Waals surface area contributed by atoms with E-state index in [4.69, 9.17) is 14.2 Å². The van der Waals surface area contributed by atoms with E-state index in [9.17, 15) is 0 Å². The second-order valence-corrected chi connectivity index (χ2v) is 8.82. The zero-order chi connectivity index (χ0) is 18.0. The molecule has 0 N–H and O–H groups in total. The lowest BCUT2D eigenvalue weighted by atomic mass is 9.90. The van der Waals surface area contributed by atoms with Gasteiger partial charge in [-0.1, -0.05) is 26.5 Å².